The first-order valence-corrected chi connectivity index (χ1v) is 10.5. The Morgan fingerprint density at radius 3 is 2.88 bits per heavy atom. The van der Waals surface area contributed by atoms with Gasteiger partial charge in [-0.2, -0.15) is 5.10 Å². The molecule has 2 aromatic carbocycles. The Kier molecular flexibility index (Phi) is 5.10. The van der Waals surface area contributed by atoms with Gasteiger partial charge < -0.3 is 15.4 Å². The van der Waals surface area contributed by atoms with E-state index in [0.29, 0.717) is 30.5 Å². The van der Waals surface area contributed by atoms with Gasteiger partial charge in [-0.25, -0.2) is 23.4 Å². The van der Waals surface area contributed by atoms with Crippen molar-refractivity contribution in [2.45, 2.75) is 12.5 Å². The molecule has 0 bridgehead atoms. The third-order valence-electron chi connectivity index (χ3n) is 5.71. The van der Waals surface area contributed by atoms with Gasteiger partial charge in [0, 0.05) is 30.8 Å². The Morgan fingerprint density at radius 1 is 1.24 bits per heavy atom. The van der Waals surface area contributed by atoms with Crippen LogP contribution in [0.2, 0.25) is 0 Å². The van der Waals surface area contributed by atoms with Crippen molar-refractivity contribution in [3.05, 3.63) is 73.1 Å². The third-order valence-corrected chi connectivity index (χ3v) is 5.71. The molecular formula is C24H20F2N6O2. The summed E-state index contributed by atoms with van der Waals surface area (Å²) in [6.07, 6.45) is 3.12. The van der Waals surface area contributed by atoms with Crippen LogP contribution in [0.5, 0.6) is 11.5 Å². The fraction of sp³-hybridized carbons (Fsp3) is 0.167. The largest absolute Gasteiger partial charge is 0.457 e. The summed E-state index contributed by atoms with van der Waals surface area (Å²) in [5.41, 5.74) is 7.01. The molecule has 1 amide bonds. The van der Waals surface area contributed by atoms with Crippen LogP contribution in [-0.2, 0) is 4.79 Å². The van der Waals surface area contributed by atoms with Crippen LogP contribution < -0.4 is 10.5 Å². The fourth-order valence-electron chi connectivity index (χ4n) is 4.10. The highest BCUT2D eigenvalue weighted by Crippen LogP contribution is 2.36. The number of ether oxygens (including phenoxy) is 1. The van der Waals surface area contributed by atoms with Crippen molar-refractivity contribution in [1.82, 2.24) is 24.6 Å². The van der Waals surface area contributed by atoms with Gasteiger partial charge in [-0.15, -0.1) is 0 Å². The number of nitrogen functional groups attached to an aromatic ring is 1. The lowest BCUT2D eigenvalue weighted by Gasteiger charge is -2.14. The quantitative estimate of drug-likeness (QED) is 0.448. The van der Waals surface area contributed by atoms with Gasteiger partial charge in [0.15, 0.2) is 5.65 Å². The van der Waals surface area contributed by atoms with Gasteiger partial charge in [0.2, 0.25) is 5.91 Å². The average Bonchev–Trinajstić information content (AvgIpc) is 3.45. The Bertz CT molecular complexity index is 1460. The topological polar surface area (TPSA) is 99.2 Å². The molecule has 1 saturated heterocycles. The molecule has 0 unspecified atom stereocenters. The summed E-state index contributed by atoms with van der Waals surface area (Å²) < 4.78 is 43.0. The predicted octanol–water partition coefficient (Wildman–Crippen LogP) is 4.11. The molecule has 34 heavy (non-hydrogen) atoms. The number of amides is 1. The van der Waals surface area contributed by atoms with Crippen LogP contribution in [-0.4, -0.2) is 43.6 Å². The summed E-state index contributed by atoms with van der Waals surface area (Å²) in [5.74, 6) is -0.748. The minimum atomic E-state index is -0.613. The number of anilines is 1. The first-order chi connectivity index (χ1) is 16.9. The van der Waals surface area contributed by atoms with E-state index in [1.54, 1.807) is 21.7 Å². The molecule has 1 aliphatic heterocycles. The monoisotopic (exact) mass is 463 g/mol. The third kappa shape index (κ3) is 3.83. The molecule has 1 fully saturated rings. The van der Waals surface area contributed by atoms with Crippen molar-refractivity contribution in [2.75, 3.05) is 18.8 Å². The van der Waals surface area contributed by atoms with Crippen LogP contribution in [0, 0.1) is 11.6 Å². The Balaban J connectivity index is 1.51. The van der Waals surface area contributed by atoms with Crippen molar-refractivity contribution < 1.29 is 19.7 Å². The zero-order valence-corrected chi connectivity index (χ0v) is 17.9. The van der Waals surface area contributed by atoms with Gasteiger partial charge in [0.25, 0.3) is 0 Å². The summed E-state index contributed by atoms with van der Waals surface area (Å²) in [6.45, 7) is 1.81. The molecule has 2 aromatic heterocycles. The second kappa shape index (κ2) is 8.54. The van der Waals surface area contributed by atoms with Gasteiger partial charge in [-0.3, -0.25) is 4.79 Å². The molecule has 3 heterocycles. The normalized spacial score (nSPS) is 16.4. The lowest BCUT2D eigenvalue weighted by Crippen LogP contribution is -2.27. The van der Waals surface area contributed by atoms with Crippen LogP contribution in [0.3, 0.4) is 0 Å². The maximum Gasteiger partial charge on any atom is 0.246 e. The highest BCUT2D eigenvalue weighted by molar-refractivity contribution is 5.98. The number of benzene rings is 2. The van der Waals surface area contributed by atoms with E-state index in [9.17, 15) is 9.18 Å². The maximum absolute atomic E-state index is 15.3. The number of hydrogen-bond donors (Lipinski definition) is 1. The van der Waals surface area contributed by atoms with E-state index in [1.807, 2.05) is 0 Å². The van der Waals surface area contributed by atoms with Gasteiger partial charge in [-0.1, -0.05) is 12.6 Å². The molecule has 172 valence electrons. The van der Waals surface area contributed by atoms with Crippen molar-refractivity contribution in [1.29, 1.82) is 0 Å². The zero-order chi connectivity index (χ0) is 24.5. The number of carbonyl (C=O) groups is 1. The van der Waals surface area contributed by atoms with Gasteiger partial charge >= 0.3 is 0 Å². The standard InChI is InChI=1S/C24H20F2N6O2/c1-2-20(33)31-9-8-15(12-31)32-24-21(23(27)28-13-29-24)22(30-32)18-7-6-17(11-19(18)26)34-16-5-3-4-14(25)10-16/h2-7,10-11,13,15H,1,8-9,12H2,(H2,27,28,29)/t15-/m1/s1/i1D. The number of hydrogen-bond acceptors (Lipinski definition) is 6. The SMILES string of the molecule is [2H]C=CC(=O)N1CC[C@@H](n2nc(-c3ccc(Oc4cccc(F)c4)cc3F)c3c(N)ncnc32)C1. The van der Waals surface area contributed by atoms with Crippen LogP contribution in [0.1, 0.15) is 13.8 Å². The summed E-state index contributed by atoms with van der Waals surface area (Å²) in [6, 6.07) is 9.60. The predicted molar refractivity (Wildman–Crippen MR) is 122 cm³/mol. The smallest absolute Gasteiger partial charge is 0.246 e. The lowest BCUT2D eigenvalue weighted by atomic mass is 10.1. The molecule has 1 aliphatic rings. The van der Waals surface area contributed by atoms with Crippen LogP contribution in [0.25, 0.3) is 22.3 Å². The first kappa shape index (κ1) is 20.3. The molecule has 0 saturated carbocycles. The average molecular weight is 463 g/mol. The number of nitrogens with two attached hydrogens (primary N) is 1. The molecular weight excluding hydrogens is 442 g/mol. The summed E-state index contributed by atoms with van der Waals surface area (Å²) in [5, 5.41) is 5.04. The molecule has 2 N–H and O–H groups in total. The number of halogens is 2. The first-order valence-electron chi connectivity index (χ1n) is 11.1. The second-order valence-electron chi connectivity index (χ2n) is 7.85. The Morgan fingerprint density at radius 2 is 2.09 bits per heavy atom. The fourth-order valence-corrected chi connectivity index (χ4v) is 4.10. The highest BCUT2D eigenvalue weighted by atomic mass is 19.1. The van der Waals surface area contributed by atoms with E-state index in [4.69, 9.17) is 11.8 Å². The van der Waals surface area contributed by atoms with Crippen LogP contribution in [0.4, 0.5) is 14.6 Å². The summed E-state index contributed by atoms with van der Waals surface area (Å²) in [7, 11) is 0. The maximum atomic E-state index is 15.3. The molecule has 8 nitrogen and oxygen atoms in total. The van der Waals surface area contributed by atoms with E-state index in [-0.39, 0.29) is 40.5 Å². The van der Waals surface area contributed by atoms with Crippen molar-refractivity contribution in [3.8, 4) is 22.8 Å². The second-order valence-corrected chi connectivity index (χ2v) is 7.85. The minimum absolute atomic E-state index is 0.152. The number of likely N-dealkylation sites (tertiary alicyclic amines) is 1. The van der Waals surface area contributed by atoms with Gasteiger partial charge in [0.1, 0.15) is 41.0 Å². The molecule has 0 spiro atoms. The summed E-state index contributed by atoms with van der Waals surface area (Å²) in [4.78, 5) is 22.1. The van der Waals surface area contributed by atoms with Crippen LogP contribution in [0.15, 0.2) is 61.4 Å². The van der Waals surface area contributed by atoms with Crippen LogP contribution >= 0.6 is 0 Å². The highest BCUT2D eigenvalue weighted by Gasteiger charge is 2.30. The number of carbonyl (C=O) groups excluding carboxylic acids is 1. The van der Waals surface area contributed by atoms with E-state index >= 15 is 4.39 Å². The Hall–Kier alpha value is -4.34. The molecule has 10 heteroatoms. The van der Waals surface area contributed by atoms with Gasteiger partial charge in [-0.05, 0) is 36.8 Å². The number of fused-ring (bicyclic) bond motifs is 1. The minimum Gasteiger partial charge on any atom is -0.457 e. The summed E-state index contributed by atoms with van der Waals surface area (Å²) >= 11 is 0. The van der Waals surface area contributed by atoms with E-state index in [2.05, 4.69) is 15.1 Å². The van der Waals surface area contributed by atoms with Crippen molar-refractivity contribution >= 4 is 22.8 Å². The number of aromatic nitrogens is 4. The Labute approximate surface area is 194 Å². The zero-order valence-electron chi connectivity index (χ0n) is 18.9. The lowest BCUT2D eigenvalue weighted by molar-refractivity contribution is -0.125. The van der Waals surface area contributed by atoms with E-state index in [1.165, 1.54) is 42.7 Å². The van der Waals surface area contributed by atoms with Crippen molar-refractivity contribution in [3.63, 3.8) is 0 Å². The molecule has 4 aromatic rings. The number of nitrogens with zero attached hydrogens (tertiary/aromatic N) is 5. The number of rotatable bonds is 5. The van der Waals surface area contributed by atoms with Crippen molar-refractivity contribution in [2.24, 2.45) is 0 Å². The van der Waals surface area contributed by atoms with E-state index < -0.39 is 11.6 Å². The van der Waals surface area contributed by atoms with Gasteiger partial charge in [0.05, 0.1) is 12.8 Å². The molecule has 1 atom stereocenters. The molecule has 0 aliphatic carbocycles. The molecule has 5 rings (SSSR count). The molecule has 0 radical (unpaired) electrons. The van der Waals surface area contributed by atoms with E-state index in [0.717, 1.165) is 6.55 Å².